The maximum absolute atomic E-state index is 9.42. The Morgan fingerprint density at radius 3 is 2.61 bits per heavy atom. The standard InChI is InChI=1S/C25H26N6O2/c1-16-8-21(10-24(30-16)31-14-19-3-4-20(15-31)32-19)33-23-9-17(11-27)2-5-22(23)25-28-12-18(6-7-26)13-29-25/h2,5,8-10,12-13,19-20H,3-4,6-7,14-15,26H2,1H3. The van der Waals surface area contributed by atoms with Gasteiger partial charge in [0.25, 0.3) is 0 Å². The summed E-state index contributed by atoms with van der Waals surface area (Å²) in [6.07, 6.45) is 7.02. The molecule has 2 aliphatic heterocycles. The number of fused-ring (bicyclic) bond motifs is 2. The molecule has 168 valence electrons. The Labute approximate surface area is 193 Å². The van der Waals surface area contributed by atoms with E-state index in [1.807, 2.05) is 25.1 Å². The van der Waals surface area contributed by atoms with Crippen LogP contribution in [-0.4, -0.2) is 46.8 Å². The zero-order chi connectivity index (χ0) is 22.8. The van der Waals surface area contributed by atoms with E-state index in [-0.39, 0.29) is 12.2 Å². The van der Waals surface area contributed by atoms with E-state index in [1.165, 1.54) is 0 Å². The number of benzene rings is 1. The Morgan fingerprint density at radius 2 is 1.91 bits per heavy atom. The predicted octanol–water partition coefficient (Wildman–Crippen LogP) is 3.38. The van der Waals surface area contributed by atoms with Gasteiger partial charge >= 0.3 is 0 Å². The van der Waals surface area contributed by atoms with Gasteiger partial charge in [0.15, 0.2) is 5.82 Å². The number of anilines is 1. The Bertz CT molecular complexity index is 1180. The highest BCUT2D eigenvalue weighted by Gasteiger charge is 2.34. The van der Waals surface area contributed by atoms with Crippen LogP contribution in [0, 0.1) is 18.3 Å². The average molecular weight is 443 g/mol. The van der Waals surface area contributed by atoms with Crippen molar-refractivity contribution in [3.63, 3.8) is 0 Å². The Kier molecular flexibility index (Phi) is 5.90. The molecule has 0 spiro atoms. The molecule has 2 unspecified atom stereocenters. The number of nitrogens with two attached hydrogens (primary N) is 1. The van der Waals surface area contributed by atoms with Gasteiger partial charge < -0.3 is 20.1 Å². The molecule has 2 bridgehead atoms. The van der Waals surface area contributed by atoms with E-state index in [0.717, 1.165) is 49.4 Å². The predicted molar refractivity (Wildman–Crippen MR) is 124 cm³/mol. The number of morpholine rings is 1. The van der Waals surface area contributed by atoms with E-state index in [9.17, 15) is 5.26 Å². The second-order valence-corrected chi connectivity index (χ2v) is 8.54. The summed E-state index contributed by atoms with van der Waals surface area (Å²) >= 11 is 0. The Hall–Kier alpha value is -3.54. The van der Waals surface area contributed by atoms with Gasteiger partial charge in [0.2, 0.25) is 0 Å². The van der Waals surface area contributed by atoms with Gasteiger partial charge in [0.05, 0.1) is 29.4 Å². The maximum atomic E-state index is 9.42. The lowest BCUT2D eigenvalue weighted by molar-refractivity contribution is 0.0302. The lowest BCUT2D eigenvalue weighted by Gasteiger charge is -2.33. The third-order valence-corrected chi connectivity index (χ3v) is 6.00. The first kappa shape index (κ1) is 21.3. The number of hydrogen-bond donors (Lipinski definition) is 1. The Morgan fingerprint density at radius 1 is 1.15 bits per heavy atom. The monoisotopic (exact) mass is 442 g/mol. The van der Waals surface area contributed by atoms with Crippen LogP contribution in [0.3, 0.4) is 0 Å². The quantitative estimate of drug-likeness (QED) is 0.619. The zero-order valence-electron chi connectivity index (χ0n) is 18.6. The molecule has 2 saturated heterocycles. The molecule has 0 amide bonds. The molecular weight excluding hydrogens is 416 g/mol. The minimum Gasteiger partial charge on any atom is -0.456 e. The molecule has 0 aliphatic carbocycles. The third kappa shape index (κ3) is 4.65. The summed E-state index contributed by atoms with van der Waals surface area (Å²) < 4.78 is 12.3. The summed E-state index contributed by atoms with van der Waals surface area (Å²) in [5.74, 6) is 2.60. The van der Waals surface area contributed by atoms with Crippen molar-refractivity contribution in [2.24, 2.45) is 5.73 Å². The van der Waals surface area contributed by atoms with E-state index in [4.69, 9.17) is 20.2 Å². The molecule has 2 N–H and O–H groups in total. The van der Waals surface area contributed by atoms with E-state index in [2.05, 4.69) is 20.9 Å². The van der Waals surface area contributed by atoms with Gasteiger partial charge in [-0.2, -0.15) is 5.26 Å². The van der Waals surface area contributed by atoms with Gasteiger partial charge in [0.1, 0.15) is 17.3 Å². The average Bonchev–Trinajstić information content (AvgIpc) is 3.16. The van der Waals surface area contributed by atoms with Gasteiger partial charge in [-0.15, -0.1) is 0 Å². The summed E-state index contributed by atoms with van der Waals surface area (Å²) in [4.78, 5) is 16.0. The number of nitrogens with zero attached hydrogens (tertiary/aromatic N) is 5. The Balaban J connectivity index is 1.46. The topological polar surface area (TPSA) is 110 Å². The molecule has 2 fully saturated rings. The first-order valence-electron chi connectivity index (χ1n) is 11.2. The summed E-state index contributed by atoms with van der Waals surface area (Å²) in [6.45, 7) is 4.18. The van der Waals surface area contributed by atoms with E-state index in [1.54, 1.807) is 24.5 Å². The fourth-order valence-electron chi connectivity index (χ4n) is 4.42. The molecule has 0 saturated carbocycles. The summed E-state index contributed by atoms with van der Waals surface area (Å²) in [6, 6.07) is 11.3. The van der Waals surface area contributed by atoms with Crippen LogP contribution >= 0.6 is 0 Å². The van der Waals surface area contributed by atoms with Crippen LogP contribution in [0.1, 0.15) is 29.7 Å². The first-order chi connectivity index (χ1) is 16.1. The molecule has 5 rings (SSSR count). The van der Waals surface area contributed by atoms with Gasteiger partial charge in [-0.1, -0.05) is 0 Å². The lowest BCUT2D eigenvalue weighted by atomic mass is 10.1. The number of aryl methyl sites for hydroxylation is 1. The molecule has 0 radical (unpaired) electrons. The van der Waals surface area contributed by atoms with E-state index >= 15 is 0 Å². The molecule has 33 heavy (non-hydrogen) atoms. The second-order valence-electron chi connectivity index (χ2n) is 8.54. The molecule has 1 aromatic carbocycles. The number of aromatic nitrogens is 3. The summed E-state index contributed by atoms with van der Waals surface area (Å²) in [5, 5.41) is 9.42. The van der Waals surface area contributed by atoms with Gasteiger partial charge in [-0.05, 0) is 56.5 Å². The molecule has 2 aliphatic rings. The van der Waals surface area contributed by atoms with Crippen molar-refractivity contribution in [3.05, 3.63) is 59.5 Å². The highest BCUT2D eigenvalue weighted by atomic mass is 16.5. The van der Waals surface area contributed by atoms with Crippen molar-refractivity contribution >= 4 is 5.82 Å². The van der Waals surface area contributed by atoms with E-state index in [0.29, 0.717) is 35.0 Å². The van der Waals surface area contributed by atoms with Crippen LogP contribution in [0.25, 0.3) is 11.4 Å². The van der Waals surface area contributed by atoms with Crippen molar-refractivity contribution in [1.82, 2.24) is 15.0 Å². The van der Waals surface area contributed by atoms with Crippen LogP contribution in [0.4, 0.5) is 5.82 Å². The highest BCUT2D eigenvalue weighted by Crippen LogP contribution is 2.35. The molecule has 4 heterocycles. The van der Waals surface area contributed by atoms with Crippen LogP contribution in [-0.2, 0) is 11.2 Å². The molecular formula is C25H26N6O2. The van der Waals surface area contributed by atoms with E-state index < -0.39 is 0 Å². The molecule has 3 aromatic rings. The van der Waals surface area contributed by atoms with Crippen LogP contribution in [0.15, 0.2) is 42.7 Å². The zero-order valence-corrected chi connectivity index (χ0v) is 18.6. The second kappa shape index (κ2) is 9.14. The van der Waals surface area contributed by atoms with Gasteiger partial charge in [-0.3, -0.25) is 0 Å². The number of hydrogen-bond acceptors (Lipinski definition) is 8. The van der Waals surface area contributed by atoms with Crippen molar-refractivity contribution in [1.29, 1.82) is 5.26 Å². The fourth-order valence-corrected chi connectivity index (χ4v) is 4.42. The van der Waals surface area contributed by atoms with Crippen molar-refractivity contribution in [3.8, 4) is 29.0 Å². The van der Waals surface area contributed by atoms with Crippen molar-refractivity contribution in [2.45, 2.75) is 38.4 Å². The third-order valence-electron chi connectivity index (χ3n) is 6.00. The van der Waals surface area contributed by atoms with Crippen LogP contribution < -0.4 is 15.4 Å². The van der Waals surface area contributed by atoms with Gasteiger partial charge in [-0.25, -0.2) is 15.0 Å². The lowest BCUT2D eigenvalue weighted by Crippen LogP contribution is -2.43. The number of ether oxygens (including phenoxy) is 2. The fraction of sp³-hybridized carbons (Fsp3) is 0.360. The number of rotatable bonds is 6. The SMILES string of the molecule is Cc1cc(Oc2cc(C#N)ccc2-c2ncc(CCN)cn2)cc(N2CC3CCC(C2)O3)n1. The van der Waals surface area contributed by atoms with Crippen molar-refractivity contribution in [2.75, 3.05) is 24.5 Å². The van der Waals surface area contributed by atoms with Crippen LogP contribution in [0.5, 0.6) is 11.5 Å². The van der Waals surface area contributed by atoms with Crippen molar-refractivity contribution < 1.29 is 9.47 Å². The molecule has 2 atom stereocenters. The maximum Gasteiger partial charge on any atom is 0.162 e. The number of pyridine rings is 1. The number of nitriles is 1. The first-order valence-corrected chi connectivity index (χ1v) is 11.2. The van der Waals surface area contributed by atoms with Crippen LogP contribution in [0.2, 0.25) is 0 Å². The largest absolute Gasteiger partial charge is 0.456 e. The normalized spacial score (nSPS) is 19.4. The molecule has 2 aromatic heterocycles. The van der Waals surface area contributed by atoms with Gasteiger partial charge in [0, 0.05) is 43.3 Å². The highest BCUT2D eigenvalue weighted by molar-refractivity contribution is 5.66. The minimum absolute atomic E-state index is 0.272. The molecule has 8 heteroatoms. The summed E-state index contributed by atoms with van der Waals surface area (Å²) in [7, 11) is 0. The summed E-state index contributed by atoms with van der Waals surface area (Å²) in [5.41, 5.74) is 8.69. The smallest absolute Gasteiger partial charge is 0.162 e. The minimum atomic E-state index is 0.272. The molecule has 8 nitrogen and oxygen atoms in total.